The minimum absolute atomic E-state index is 0.146. The average molecular weight is 566 g/mol. The molecule has 3 aromatic carbocycles. The second-order valence-electron chi connectivity index (χ2n) is 9.36. The molecule has 0 radical (unpaired) electrons. The van der Waals surface area contributed by atoms with Crippen LogP contribution in [0.1, 0.15) is 43.0 Å². The van der Waals surface area contributed by atoms with Crippen LogP contribution in [0.3, 0.4) is 0 Å². The van der Waals surface area contributed by atoms with E-state index < -0.39 is 11.7 Å². The number of halogens is 1. The van der Waals surface area contributed by atoms with E-state index in [0.29, 0.717) is 13.2 Å². The van der Waals surface area contributed by atoms with Crippen molar-refractivity contribution in [3.8, 4) is 17.2 Å². The number of carbonyl (C=O) groups is 1. The minimum Gasteiger partial charge on any atom is -0.497 e. The van der Waals surface area contributed by atoms with Crippen LogP contribution in [0.5, 0.6) is 17.2 Å². The monoisotopic (exact) mass is 565 g/mol. The largest absolute Gasteiger partial charge is 0.497 e. The quantitative estimate of drug-likeness (QED) is 0.280. The molecular weight excluding hydrogens is 534 g/mol. The number of benzene rings is 3. The molecule has 0 aromatic heterocycles. The Morgan fingerprint density at radius 2 is 1.68 bits per heavy atom. The highest BCUT2D eigenvalue weighted by Crippen LogP contribution is 2.43. The van der Waals surface area contributed by atoms with Crippen molar-refractivity contribution in [1.82, 2.24) is 0 Å². The van der Waals surface area contributed by atoms with Crippen LogP contribution in [-0.4, -0.2) is 25.4 Å². The summed E-state index contributed by atoms with van der Waals surface area (Å²) < 4.78 is 23.6. The third-order valence-corrected chi connectivity index (χ3v) is 7.06. The van der Waals surface area contributed by atoms with E-state index >= 15 is 0 Å². The number of nitrogens with zero attached hydrogens (tertiary/aromatic N) is 1. The van der Waals surface area contributed by atoms with Gasteiger partial charge in [-0.3, -0.25) is 4.90 Å². The number of amides is 1. The van der Waals surface area contributed by atoms with Gasteiger partial charge in [0.2, 0.25) is 0 Å². The summed E-state index contributed by atoms with van der Waals surface area (Å²) in [6, 6.07) is 17.2. The summed E-state index contributed by atoms with van der Waals surface area (Å²) in [5, 5.41) is 0. The molecule has 1 aliphatic heterocycles. The van der Waals surface area contributed by atoms with E-state index in [0.717, 1.165) is 49.7 Å². The Balaban J connectivity index is 1.64. The third-order valence-electron chi connectivity index (χ3n) is 6.10. The molecule has 37 heavy (non-hydrogen) atoms. The lowest BCUT2D eigenvalue weighted by atomic mass is 9.99. The predicted octanol–water partition coefficient (Wildman–Crippen LogP) is 7.69. The van der Waals surface area contributed by atoms with Crippen molar-refractivity contribution < 1.29 is 23.7 Å². The molecule has 4 rings (SSSR count). The highest BCUT2D eigenvalue weighted by Gasteiger charge is 2.28. The molecule has 0 atom stereocenters. The zero-order valence-corrected chi connectivity index (χ0v) is 23.4. The number of rotatable bonds is 8. The smallest absolute Gasteiger partial charge is 0.414 e. The molecular formula is C30H32BrNO5. The summed E-state index contributed by atoms with van der Waals surface area (Å²) in [5.74, 6) is 2.30. The van der Waals surface area contributed by atoms with Crippen LogP contribution in [-0.2, 0) is 17.9 Å². The standard InChI is InChI=1S/C30H32BrNO5/c1-6-35-25-13-9-22(10-14-25)19-36-29(33)32(18-21-7-11-24(34-5)12-8-21)26-17-23-15-16-30(3,4)37-28(23)27(31)20(26)2/h7-17H,6,18-19H2,1-5H3. The topological polar surface area (TPSA) is 57.2 Å². The molecule has 3 aromatic rings. The Hall–Kier alpha value is -3.45. The SMILES string of the molecule is CCOc1ccc(COC(=O)N(Cc2ccc(OC)cc2)c2cc3c(c(Br)c2C)OC(C)(C)C=C3)cc1. The molecule has 0 unspecified atom stereocenters. The first-order chi connectivity index (χ1) is 17.7. The van der Waals surface area contributed by atoms with E-state index in [9.17, 15) is 4.79 Å². The molecule has 0 bridgehead atoms. The fourth-order valence-electron chi connectivity index (χ4n) is 4.06. The molecule has 0 N–H and O–H groups in total. The van der Waals surface area contributed by atoms with Crippen molar-refractivity contribution in [3.05, 3.63) is 87.4 Å². The van der Waals surface area contributed by atoms with Gasteiger partial charge in [-0.15, -0.1) is 0 Å². The van der Waals surface area contributed by atoms with E-state index in [1.807, 2.05) is 94.4 Å². The van der Waals surface area contributed by atoms with Crippen LogP contribution < -0.4 is 19.1 Å². The van der Waals surface area contributed by atoms with E-state index in [2.05, 4.69) is 15.9 Å². The van der Waals surface area contributed by atoms with Gasteiger partial charge in [-0.05, 0) is 96.7 Å². The van der Waals surface area contributed by atoms with Gasteiger partial charge < -0.3 is 18.9 Å². The maximum atomic E-state index is 13.5. The van der Waals surface area contributed by atoms with Crippen molar-refractivity contribution in [2.45, 2.75) is 46.4 Å². The van der Waals surface area contributed by atoms with E-state index in [-0.39, 0.29) is 6.61 Å². The lowest BCUT2D eigenvalue weighted by molar-refractivity contribution is 0.146. The van der Waals surface area contributed by atoms with Gasteiger partial charge in [0.1, 0.15) is 29.5 Å². The fourth-order valence-corrected chi connectivity index (χ4v) is 4.57. The maximum Gasteiger partial charge on any atom is 0.414 e. The Labute approximate surface area is 226 Å². The molecule has 1 amide bonds. The number of fused-ring (bicyclic) bond motifs is 1. The van der Waals surface area contributed by atoms with Crippen LogP contribution in [0.15, 0.2) is 65.1 Å². The number of ether oxygens (including phenoxy) is 4. The second-order valence-corrected chi connectivity index (χ2v) is 10.2. The van der Waals surface area contributed by atoms with Crippen molar-refractivity contribution in [2.75, 3.05) is 18.6 Å². The Morgan fingerprint density at radius 1 is 1.03 bits per heavy atom. The fraction of sp³-hybridized carbons (Fsp3) is 0.300. The van der Waals surface area contributed by atoms with Gasteiger partial charge >= 0.3 is 6.09 Å². The Morgan fingerprint density at radius 3 is 2.32 bits per heavy atom. The number of hydrogen-bond acceptors (Lipinski definition) is 5. The molecule has 7 heteroatoms. The average Bonchev–Trinajstić information content (AvgIpc) is 2.89. The van der Waals surface area contributed by atoms with Crippen molar-refractivity contribution in [1.29, 1.82) is 0 Å². The van der Waals surface area contributed by atoms with Crippen LogP contribution in [0.25, 0.3) is 6.08 Å². The van der Waals surface area contributed by atoms with Crippen LogP contribution in [0.4, 0.5) is 10.5 Å². The molecule has 0 saturated heterocycles. The molecule has 0 spiro atoms. The summed E-state index contributed by atoms with van der Waals surface area (Å²) in [4.78, 5) is 15.2. The first kappa shape index (κ1) is 26.6. The lowest BCUT2D eigenvalue weighted by Gasteiger charge is -2.31. The van der Waals surface area contributed by atoms with E-state index in [1.54, 1.807) is 12.0 Å². The number of anilines is 1. The molecule has 1 heterocycles. The van der Waals surface area contributed by atoms with Crippen molar-refractivity contribution >= 4 is 33.8 Å². The number of methoxy groups -OCH3 is 1. The van der Waals surface area contributed by atoms with Gasteiger partial charge in [-0.2, -0.15) is 0 Å². The molecule has 0 fully saturated rings. The molecule has 194 valence electrons. The number of hydrogen-bond donors (Lipinski definition) is 0. The van der Waals surface area contributed by atoms with Crippen LogP contribution in [0.2, 0.25) is 0 Å². The molecule has 0 saturated carbocycles. The lowest BCUT2D eigenvalue weighted by Crippen LogP contribution is -2.32. The third kappa shape index (κ3) is 6.28. The summed E-state index contributed by atoms with van der Waals surface area (Å²) in [6.45, 7) is 9.00. The van der Waals surface area contributed by atoms with Crippen molar-refractivity contribution in [2.24, 2.45) is 0 Å². The highest BCUT2D eigenvalue weighted by atomic mass is 79.9. The van der Waals surface area contributed by atoms with Gasteiger partial charge in [-0.25, -0.2) is 4.79 Å². The van der Waals surface area contributed by atoms with Gasteiger partial charge in [0.15, 0.2) is 0 Å². The first-order valence-electron chi connectivity index (χ1n) is 12.2. The zero-order valence-electron chi connectivity index (χ0n) is 21.8. The summed E-state index contributed by atoms with van der Waals surface area (Å²) in [7, 11) is 1.63. The highest BCUT2D eigenvalue weighted by molar-refractivity contribution is 9.10. The van der Waals surface area contributed by atoms with E-state index in [1.165, 1.54) is 0 Å². The Bertz CT molecular complexity index is 1280. The maximum absolute atomic E-state index is 13.5. The predicted molar refractivity (Wildman–Crippen MR) is 150 cm³/mol. The number of carbonyl (C=O) groups excluding carboxylic acids is 1. The van der Waals surface area contributed by atoms with Gasteiger partial charge in [0.05, 0.1) is 30.4 Å². The van der Waals surface area contributed by atoms with E-state index in [4.69, 9.17) is 18.9 Å². The molecule has 0 aliphatic carbocycles. The summed E-state index contributed by atoms with van der Waals surface area (Å²) in [6.07, 6.45) is 3.60. The van der Waals surface area contributed by atoms with Crippen molar-refractivity contribution in [3.63, 3.8) is 0 Å². The van der Waals surface area contributed by atoms with Gasteiger partial charge in [0, 0.05) is 5.56 Å². The summed E-state index contributed by atoms with van der Waals surface area (Å²) >= 11 is 3.72. The van der Waals surface area contributed by atoms with Gasteiger partial charge in [0.25, 0.3) is 0 Å². The Kier molecular flexibility index (Phi) is 8.13. The molecule has 1 aliphatic rings. The second kappa shape index (κ2) is 11.3. The summed E-state index contributed by atoms with van der Waals surface area (Å²) in [5.41, 5.74) is 3.93. The van der Waals surface area contributed by atoms with Crippen LogP contribution in [0, 0.1) is 6.92 Å². The zero-order chi connectivity index (χ0) is 26.6. The van der Waals surface area contributed by atoms with Crippen LogP contribution >= 0.6 is 15.9 Å². The normalized spacial score (nSPS) is 13.4. The van der Waals surface area contributed by atoms with Gasteiger partial charge in [-0.1, -0.05) is 30.3 Å². The first-order valence-corrected chi connectivity index (χ1v) is 13.0. The molecule has 6 nitrogen and oxygen atoms in total. The minimum atomic E-state index is -0.444.